The van der Waals surface area contributed by atoms with Gasteiger partial charge in [0.1, 0.15) is 17.2 Å². The van der Waals surface area contributed by atoms with Gasteiger partial charge in [-0.2, -0.15) is 0 Å². The number of carbonyl (C=O) groups is 2. The number of carbonyl (C=O) groups excluding carboxylic acids is 2. The summed E-state index contributed by atoms with van der Waals surface area (Å²) < 4.78 is 16.1. The predicted molar refractivity (Wildman–Crippen MR) is 120 cm³/mol. The fraction of sp³-hybridized carbons (Fsp3) is 0.125. The van der Waals surface area contributed by atoms with Crippen LogP contribution in [0.3, 0.4) is 0 Å². The summed E-state index contributed by atoms with van der Waals surface area (Å²) in [7, 11) is 2.96. The highest BCUT2D eigenvalue weighted by Crippen LogP contribution is 2.36. The lowest BCUT2D eigenvalue weighted by Gasteiger charge is -2.16. The molecular formula is C24H21N3O5. The topological polar surface area (TPSA) is 103 Å². The van der Waals surface area contributed by atoms with Crippen LogP contribution in [0, 0.1) is 0 Å². The molecule has 0 aliphatic carbocycles. The predicted octanol–water partition coefficient (Wildman–Crippen LogP) is 4.28. The molecule has 3 aromatic carbocycles. The number of amides is 2. The van der Waals surface area contributed by atoms with Gasteiger partial charge in [0.2, 0.25) is 5.91 Å². The van der Waals surface area contributed by atoms with Gasteiger partial charge in [0.05, 0.1) is 32.0 Å². The molecule has 8 heteroatoms. The van der Waals surface area contributed by atoms with Crippen molar-refractivity contribution in [2.24, 2.45) is 0 Å². The number of nitrogens with zero attached hydrogens (tertiary/aromatic N) is 1. The van der Waals surface area contributed by atoms with Gasteiger partial charge >= 0.3 is 0 Å². The van der Waals surface area contributed by atoms with E-state index >= 15 is 0 Å². The van der Waals surface area contributed by atoms with Crippen molar-refractivity contribution >= 4 is 34.2 Å². The van der Waals surface area contributed by atoms with Crippen molar-refractivity contribution in [3.05, 3.63) is 78.0 Å². The monoisotopic (exact) mass is 431 g/mol. The molecule has 0 fully saturated rings. The molecule has 162 valence electrons. The Bertz CT molecular complexity index is 1270. The summed E-state index contributed by atoms with van der Waals surface area (Å²) in [5.41, 5.74) is 2.48. The molecule has 4 rings (SSSR count). The first-order chi connectivity index (χ1) is 15.6. The molecule has 0 radical (unpaired) electrons. The molecule has 2 amide bonds. The van der Waals surface area contributed by atoms with E-state index in [1.807, 2.05) is 24.3 Å². The number of hydrogen-bond acceptors (Lipinski definition) is 6. The van der Waals surface area contributed by atoms with Gasteiger partial charge in [0, 0.05) is 23.1 Å². The minimum Gasteiger partial charge on any atom is -0.494 e. The van der Waals surface area contributed by atoms with Crippen LogP contribution >= 0.6 is 0 Å². The van der Waals surface area contributed by atoms with Gasteiger partial charge in [-0.05, 0) is 24.3 Å². The van der Waals surface area contributed by atoms with Crippen LogP contribution in [0.15, 0.2) is 71.3 Å². The van der Waals surface area contributed by atoms with E-state index in [1.54, 1.807) is 42.5 Å². The van der Waals surface area contributed by atoms with E-state index in [4.69, 9.17) is 14.0 Å². The number of hydrogen-bond donors (Lipinski definition) is 2. The summed E-state index contributed by atoms with van der Waals surface area (Å²) in [5, 5.41) is 10.4. The molecule has 0 unspecified atom stereocenters. The van der Waals surface area contributed by atoms with E-state index < -0.39 is 0 Å². The van der Waals surface area contributed by atoms with Crippen molar-refractivity contribution in [3.8, 4) is 11.5 Å². The lowest BCUT2D eigenvalue weighted by Crippen LogP contribution is -2.16. The number of para-hydroxylation sites is 1. The average Bonchev–Trinajstić information content (AvgIpc) is 3.22. The zero-order chi connectivity index (χ0) is 22.5. The fourth-order valence-corrected chi connectivity index (χ4v) is 3.29. The Kier molecular flexibility index (Phi) is 6.03. The van der Waals surface area contributed by atoms with Crippen molar-refractivity contribution in [1.82, 2.24) is 5.16 Å². The van der Waals surface area contributed by atoms with Gasteiger partial charge in [-0.1, -0.05) is 35.5 Å². The highest BCUT2D eigenvalue weighted by molar-refractivity contribution is 6.05. The number of nitrogens with one attached hydrogen (secondary N) is 2. The maximum atomic E-state index is 12.7. The maximum absolute atomic E-state index is 12.7. The first-order valence-electron chi connectivity index (χ1n) is 9.84. The Labute approximate surface area is 184 Å². The molecule has 8 nitrogen and oxygen atoms in total. The molecule has 2 N–H and O–H groups in total. The summed E-state index contributed by atoms with van der Waals surface area (Å²) in [4.78, 5) is 25.2. The summed E-state index contributed by atoms with van der Waals surface area (Å²) in [6.45, 7) is 0. The van der Waals surface area contributed by atoms with Crippen LogP contribution in [-0.2, 0) is 11.2 Å². The minimum absolute atomic E-state index is 0.0228. The SMILES string of the molecule is COc1cc(NC(=O)c2ccccc2)c(OC)cc1NC(=O)Cc1noc2ccccc12. The summed E-state index contributed by atoms with van der Waals surface area (Å²) in [6, 6.07) is 19.3. The lowest BCUT2D eigenvalue weighted by atomic mass is 10.1. The van der Waals surface area contributed by atoms with E-state index in [2.05, 4.69) is 15.8 Å². The van der Waals surface area contributed by atoms with E-state index in [9.17, 15) is 9.59 Å². The molecule has 1 aromatic heterocycles. The smallest absolute Gasteiger partial charge is 0.255 e. The highest BCUT2D eigenvalue weighted by atomic mass is 16.5. The van der Waals surface area contributed by atoms with Crippen LogP contribution in [0.25, 0.3) is 11.0 Å². The van der Waals surface area contributed by atoms with Gasteiger partial charge < -0.3 is 24.6 Å². The van der Waals surface area contributed by atoms with Crippen LogP contribution in [0.1, 0.15) is 16.1 Å². The van der Waals surface area contributed by atoms with Crippen molar-refractivity contribution in [1.29, 1.82) is 0 Å². The number of methoxy groups -OCH3 is 2. The van der Waals surface area contributed by atoms with Gasteiger partial charge in [0.25, 0.3) is 5.91 Å². The Morgan fingerprint density at radius 2 is 1.50 bits per heavy atom. The number of anilines is 2. The fourth-order valence-electron chi connectivity index (χ4n) is 3.29. The van der Waals surface area contributed by atoms with Gasteiger partial charge in [-0.25, -0.2) is 0 Å². The number of aromatic nitrogens is 1. The molecule has 0 saturated heterocycles. The largest absolute Gasteiger partial charge is 0.494 e. The van der Waals surface area contributed by atoms with Crippen molar-refractivity contribution in [2.45, 2.75) is 6.42 Å². The molecule has 0 atom stereocenters. The number of ether oxygens (including phenoxy) is 2. The van der Waals surface area contributed by atoms with Crippen molar-refractivity contribution < 1.29 is 23.6 Å². The average molecular weight is 431 g/mol. The molecule has 0 bridgehead atoms. The number of rotatable bonds is 7. The first kappa shape index (κ1) is 20.9. The standard InChI is InChI=1S/C24H21N3O5/c1-30-21-13-19(26-24(29)15-8-4-3-5-9-15)22(31-2)12-18(21)25-23(28)14-17-16-10-6-7-11-20(16)32-27-17/h3-13H,14H2,1-2H3,(H,25,28)(H,26,29). The zero-order valence-corrected chi connectivity index (χ0v) is 17.5. The Morgan fingerprint density at radius 1 is 0.875 bits per heavy atom. The second kappa shape index (κ2) is 9.22. The molecule has 0 saturated carbocycles. The summed E-state index contributed by atoms with van der Waals surface area (Å²) >= 11 is 0. The maximum Gasteiger partial charge on any atom is 0.255 e. The zero-order valence-electron chi connectivity index (χ0n) is 17.5. The normalized spacial score (nSPS) is 10.6. The third kappa shape index (κ3) is 4.39. The number of fused-ring (bicyclic) bond motifs is 1. The second-order valence-corrected chi connectivity index (χ2v) is 6.92. The molecule has 4 aromatic rings. The lowest BCUT2D eigenvalue weighted by molar-refractivity contribution is -0.115. The Morgan fingerprint density at radius 3 is 2.19 bits per heavy atom. The Hall–Kier alpha value is -4.33. The first-order valence-corrected chi connectivity index (χ1v) is 9.84. The third-order valence-electron chi connectivity index (χ3n) is 4.86. The molecule has 32 heavy (non-hydrogen) atoms. The number of benzene rings is 3. The van der Waals surface area contributed by atoms with Crippen LogP contribution in [0.5, 0.6) is 11.5 Å². The van der Waals surface area contributed by atoms with E-state index in [-0.39, 0.29) is 18.2 Å². The minimum atomic E-state index is -0.300. The van der Waals surface area contributed by atoms with Gasteiger partial charge in [-0.3, -0.25) is 9.59 Å². The van der Waals surface area contributed by atoms with Crippen LogP contribution in [-0.4, -0.2) is 31.2 Å². The Balaban J connectivity index is 1.54. The summed E-state index contributed by atoms with van der Waals surface area (Å²) in [6.07, 6.45) is 0.0228. The van der Waals surface area contributed by atoms with Crippen molar-refractivity contribution in [2.75, 3.05) is 24.9 Å². The quantitative estimate of drug-likeness (QED) is 0.453. The molecular weight excluding hydrogens is 410 g/mol. The van der Waals surface area contributed by atoms with Gasteiger partial charge in [-0.15, -0.1) is 0 Å². The van der Waals surface area contributed by atoms with Gasteiger partial charge in [0.15, 0.2) is 5.58 Å². The summed E-state index contributed by atoms with van der Waals surface area (Å²) in [5.74, 6) is 0.149. The van der Waals surface area contributed by atoms with Crippen LogP contribution in [0.4, 0.5) is 11.4 Å². The molecule has 0 spiro atoms. The van der Waals surface area contributed by atoms with E-state index in [0.717, 1.165) is 5.39 Å². The van der Waals surface area contributed by atoms with E-state index in [1.165, 1.54) is 14.2 Å². The highest BCUT2D eigenvalue weighted by Gasteiger charge is 2.18. The van der Waals surface area contributed by atoms with Crippen LogP contribution in [0.2, 0.25) is 0 Å². The molecule has 0 aliphatic rings. The molecule has 0 aliphatic heterocycles. The molecule has 1 heterocycles. The second-order valence-electron chi connectivity index (χ2n) is 6.92. The third-order valence-corrected chi connectivity index (χ3v) is 4.86. The van der Waals surface area contributed by atoms with E-state index in [0.29, 0.717) is 39.7 Å². The van der Waals surface area contributed by atoms with Crippen molar-refractivity contribution in [3.63, 3.8) is 0 Å². The van der Waals surface area contributed by atoms with Crippen LogP contribution < -0.4 is 20.1 Å².